The van der Waals surface area contributed by atoms with Gasteiger partial charge in [0.25, 0.3) is 0 Å². The maximum Gasteiger partial charge on any atom is 0.414 e. The minimum atomic E-state index is -0.768. The number of benzene rings is 1. The zero-order valence-electron chi connectivity index (χ0n) is 19.8. The molecule has 10 heteroatoms. The molecule has 176 valence electrons. The lowest BCUT2D eigenvalue weighted by Crippen LogP contribution is -2.40. The summed E-state index contributed by atoms with van der Waals surface area (Å²) < 4.78 is 7.23. The Bertz CT molecular complexity index is 1290. The Labute approximate surface area is 197 Å². The third kappa shape index (κ3) is 4.43. The molecule has 2 aromatic heterocycles. The molecule has 0 aliphatic carbocycles. The van der Waals surface area contributed by atoms with E-state index in [1.165, 1.54) is 4.90 Å². The van der Waals surface area contributed by atoms with Crippen molar-refractivity contribution in [2.75, 3.05) is 23.4 Å². The van der Waals surface area contributed by atoms with Gasteiger partial charge in [-0.1, -0.05) is 6.92 Å². The number of amides is 1. The van der Waals surface area contributed by atoms with Gasteiger partial charge in [-0.2, -0.15) is 10.4 Å². The van der Waals surface area contributed by atoms with E-state index in [2.05, 4.69) is 26.5 Å². The van der Waals surface area contributed by atoms with Gasteiger partial charge >= 0.3 is 6.09 Å². The predicted octanol–water partition coefficient (Wildman–Crippen LogP) is 3.50. The Morgan fingerprint density at radius 3 is 2.74 bits per heavy atom. The van der Waals surface area contributed by atoms with E-state index in [1.54, 1.807) is 56.0 Å². The maximum atomic E-state index is 12.9. The van der Waals surface area contributed by atoms with Crippen LogP contribution in [-0.4, -0.2) is 49.7 Å². The third-order valence-corrected chi connectivity index (χ3v) is 5.53. The van der Waals surface area contributed by atoms with Crippen molar-refractivity contribution < 1.29 is 14.6 Å². The first-order valence-corrected chi connectivity index (χ1v) is 10.8. The van der Waals surface area contributed by atoms with Gasteiger partial charge in [-0.25, -0.2) is 14.8 Å². The molecule has 1 atom stereocenters. The SMILES string of the molecule is Cn1ccc(Nc2nccc(-c3cc(C#N)c4c(c3)[C@](C)(CO)CN4C(=O)OC(C)(C)C)n2)n1. The Morgan fingerprint density at radius 2 is 2.12 bits per heavy atom. The minimum Gasteiger partial charge on any atom is -0.443 e. The number of carbonyl (C=O) groups excluding carboxylic acids is 1. The molecule has 1 aliphatic rings. The summed E-state index contributed by atoms with van der Waals surface area (Å²) in [6.07, 6.45) is 2.86. The van der Waals surface area contributed by atoms with Crippen molar-refractivity contribution in [3.8, 4) is 17.3 Å². The zero-order chi connectivity index (χ0) is 24.7. The zero-order valence-corrected chi connectivity index (χ0v) is 19.8. The van der Waals surface area contributed by atoms with E-state index < -0.39 is 17.1 Å². The molecule has 4 rings (SSSR count). The van der Waals surface area contributed by atoms with Crippen molar-refractivity contribution in [1.29, 1.82) is 5.26 Å². The number of hydrogen-bond acceptors (Lipinski definition) is 8. The first kappa shape index (κ1) is 23.2. The Kier molecular flexibility index (Phi) is 5.75. The molecule has 0 saturated carbocycles. The maximum absolute atomic E-state index is 12.9. The summed E-state index contributed by atoms with van der Waals surface area (Å²) in [4.78, 5) is 23.2. The number of carbonyl (C=O) groups is 1. The number of aliphatic hydroxyl groups is 1. The van der Waals surface area contributed by atoms with Crippen LogP contribution in [0.1, 0.15) is 38.8 Å². The normalized spacial score (nSPS) is 17.3. The van der Waals surface area contributed by atoms with Crippen molar-refractivity contribution in [3.05, 3.63) is 47.8 Å². The van der Waals surface area contributed by atoms with Gasteiger partial charge in [0.2, 0.25) is 5.95 Å². The number of aliphatic hydroxyl groups excluding tert-OH is 1. The molecule has 0 radical (unpaired) electrons. The average molecular weight is 462 g/mol. The molecule has 10 nitrogen and oxygen atoms in total. The van der Waals surface area contributed by atoms with E-state index in [0.717, 1.165) is 0 Å². The van der Waals surface area contributed by atoms with Crippen LogP contribution in [0.2, 0.25) is 0 Å². The van der Waals surface area contributed by atoms with Crippen molar-refractivity contribution in [2.24, 2.45) is 7.05 Å². The average Bonchev–Trinajstić information content (AvgIpc) is 3.33. The van der Waals surface area contributed by atoms with E-state index in [1.807, 2.05) is 20.0 Å². The Morgan fingerprint density at radius 1 is 1.35 bits per heavy atom. The molecule has 0 bridgehead atoms. The Hall–Kier alpha value is -3.97. The fourth-order valence-corrected chi connectivity index (χ4v) is 3.92. The number of fused-ring (bicyclic) bond motifs is 1. The van der Waals surface area contributed by atoms with Gasteiger partial charge in [0, 0.05) is 43.0 Å². The van der Waals surface area contributed by atoms with E-state index in [9.17, 15) is 15.2 Å². The molecule has 0 fully saturated rings. The molecule has 0 spiro atoms. The summed E-state index contributed by atoms with van der Waals surface area (Å²) in [7, 11) is 1.81. The minimum absolute atomic E-state index is 0.197. The number of nitriles is 1. The number of aromatic nitrogens is 4. The van der Waals surface area contributed by atoms with Crippen LogP contribution in [-0.2, 0) is 17.2 Å². The molecule has 0 unspecified atom stereocenters. The smallest absolute Gasteiger partial charge is 0.414 e. The van der Waals surface area contributed by atoms with Gasteiger partial charge < -0.3 is 15.2 Å². The van der Waals surface area contributed by atoms with Crippen molar-refractivity contribution >= 4 is 23.5 Å². The second kappa shape index (κ2) is 8.43. The number of nitrogens with one attached hydrogen (secondary N) is 1. The molecule has 0 saturated heterocycles. The molecule has 3 aromatic rings. The summed E-state index contributed by atoms with van der Waals surface area (Å²) in [5, 5.41) is 27.5. The van der Waals surface area contributed by atoms with Gasteiger partial charge in [0.05, 0.1) is 23.6 Å². The first-order chi connectivity index (χ1) is 16.0. The van der Waals surface area contributed by atoms with Gasteiger partial charge in [-0.15, -0.1) is 0 Å². The highest BCUT2D eigenvalue weighted by atomic mass is 16.6. The molecule has 1 aromatic carbocycles. The monoisotopic (exact) mass is 461 g/mol. The number of ether oxygens (including phenoxy) is 1. The molecular weight excluding hydrogens is 434 g/mol. The van der Waals surface area contributed by atoms with Crippen LogP contribution in [0.15, 0.2) is 36.7 Å². The second-order valence-electron chi connectivity index (χ2n) is 9.58. The van der Waals surface area contributed by atoms with Gasteiger partial charge in [-0.3, -0.25) is 9.58 Å². The summed E-state index contributed by atoms with van der Waals surface area (Å²) in [6.45, 7) is 7.20. The van der Waals surface area contributed by atoms with Crippen LogP contribution in [0, 0.1) is 11.3 Å². The number of rotatable bonds is 4. The number of anilines is 3. The first-order valence-electron chi connectivity index (χ1n) is 10.8. The highest BCUT2D eigenvalue weighted by molar-refractivity contribution is 5.95. The van der Waals surface area contributed by atoms with Crippen LogP contribution in [0.25, 0.3) is 11.3 Å². The lowest BCUT2D eigenvalue weighted by atomic mass is 9.83. The fraction of sp³-hybridized carbons (Fsp3) is 0.375. The second-order valence-corrected chi connectivity index (χ2v) is 9.58. The fourth-order valence-electron chi connectivity index (χ4n) is 3.92. The molecule has 2 N–H and O–H groups in total. The van der Waals surface area contributed by atoms with Crippen LogP contribution in [0.5, 0.6) is 0 Å². The van der Waals surface area contributed by atoms with Crippen molar-refractivity contribution in [1.82, 2.24) is 19.7 Å². The summed E-state index contributed by atoms with van der Waals surface area (Å²) in [6, 6.07) is 9.29. The molecule has 1 amide bonds. The number of hydrogen-bond donors (Lipinski definition) is 2. The molecular formula is C24H27N7O3. The predicted molar refractivity (Wildman–Crippen MR) is 127 cm³/mol. The topological polar surface area (TPSA) is 129 Å². The van der Waals surface area contributed by atoms with Crippen molar-refractivity contribution in [3.63, 3.8) is 0 Å². The highest BCUT2D eigenvalue weighted by Crippen LogP contribution is 2.45. The van der Waals surface area contributed by atoms with Crippen LogP contribution < -0.4 is 10.2 Å². The number of aryl methyl sites for hydroxylation is 1. The largest absolute Gasteiger partial charge is 0.443 e. The summed E-state index contributed by atoms with van der Waals surface area (Å²) in [5.41, 5.74) is 1.24. The third-order valence-electron chi connectivity index (χ3n) is 5.53. The van der Waals surface area contributed by atoms with E-state index in [-0.39, 0.29) is 13.2 Å². The molecule has 1 aliphatic heterocycles. The van der Waals surface area contributed by atoms with Gasteiger partial charge in [0.15, 0.2) is 5.82 Å². The highest BCUT2D eigenvalue weighted by Gasteiger charge is 2.44. The van der Waals surface area contributed by atoms with Crippen LogP contribution >= 0.6 is 0 Å². The van der Waals surface area contributed by atoms with Gasteiger partial charge in [-0.05, 0) is 44.5 Å². The van der Waals surface area contributed by atoms with Crippen LogP contribution in [0.4, 0.5) is 22.2 Å². The quantitative estimate of drug-likeness (QED) is 0.604. The van der Waals surface area contributed by atoms with Gasteiger partial charge in [0.1, 0.15) is 11.7 Å². The van der Waals surface area contributed by atoms with E-state index in [4.69, 9.17) is 4.74 Å². The lowest BCUT2D eigenvalue weighted by molar-refractivity contribution is 0.0575. The van der Waals surface area contributed by atoms with Crippen LogP contribution in [0.3, 0.4) is 0 Å². The summed E-state index contributed by atoms with van der Waals surface area (Å²) >= 11 is 0. The molecule has 3 heterocycles. The summed E-state index contributed by atoms with van der Waals surface area (Å²) in [5.74, 6) is 0.961. The lowest BCUT2D eigenvalue weighted by Gasteiger charge is -2.26. The van der Waals surface area contributed by atoms with E-state index in [0.29, 0.717) is 39.8 Å². The molecule has 34 heavy (non-hydrogen) atoms. The van der Waals surface area contributed by atoms with E-state index >= 15 is 0 Å². The Balaban J connectivity index is 1.77. The number of nitrogens with zero attached hydrogens (tertiary/aromatic N) is 6. The van der Waals surface area contributed by atoms with Crippen molar-refractivity contribution in [2.45, 2.75) is 38.7 Å². The standard InChI is InChI=1S/C24H27N7O3/c1-23(2,3)34-22(33)31-13-24(4,14-32)17-11-15(10-16(12-25)20(17)31)18-6-8-26-21(27-18)28-19-7-9-30(5)29-19/h6-11,32H,13-14H2,1-5H3,(H,26,27,28,29)/t24-/m0/s1.